The SMILES string of the molecule is CC1C(=O)NC(=O)CN1C(N)=NC1CC1. The van der Waals surface area contributed by atoms with E-state index in [1.165, 1.54) is 0 Å². The van der Waals surface area contributed by atoms with Crippen molar-refractivity contribution in [3.63, 3.8) is 0 Å². The molecule has 1 saturated heterocycles. The standard InChI is InChI=1S/C9H14N4O2/c1-5-8(15)12-7(14)4-13(5)9(10)11-6-2-3-6/h5-6H,2-4H2,1H3,(H2,10,11)(H,12,14,15). The third kappa shape index (κ3) is 2.08. The maximum absolute atomic E-state index is 11.3. The summed E-state index contributed by atoms with van der Waals surface area (Å²) in [6.45, 7) is 1.81. The lowest BCUT2D eigenvalue weighted by Gasteiger charge is -2.32. The van der Waals surface area contributed by atoms with E-state index in [1.54, 1.807) is 11.8 Å². The summed E-state index contributed by atoms with van der Waals surface area (Å²) in [4.78, 5) is 28.2. The molecule has 2 amide bonds. The Hall–Kier alpha value is -1.59. The van der Waals surface area contributed by atoms with E-state index in [9.17, 15) is 9.59 Å². The molecule has 1 aliphatic carbocycles. The largest absolute Gasteiger partial charge is 0.370 e. The van der Waals surface area contributed by atoms with Gasteiger partial charge in [-0.15, -0.1) is 0 Å². The van der Waals surface area contributed by atoms with E-state index in [0.29, 0.717) is 5.96 Å². The van der Waals surface area contributed by atoms with Gasteiger partial charge in [-0.25, -0.2) is 4.99 Å². The summed E-state index contributed by atoms with van der Waals surface area (Å²) in [5.41, 5.74) is 5.75. The smallest absolute Gasteiger partial charge is 0.249 e. The number of aliphatic imine (C=N–C) groups is 1. The van der Waals surface area contributed by atoms with E-state index in [0.717, 1.165) is 12.8 Å². The van der Waals surface area contributed by atoms with Crippen LogP contribution in [-0.2, 0) is 9.59 Å². The summed E-state index contributed by atoms with van der Waals surface area (Å²) >= 11 is 0. The highest BCUT2D eigenvalue weighted by Gasteiger charge is 2.32. The second kappa shape index (κ2) is 3.52. The second-order valence-electron chi connectivity index (χ2n) is 3.93. The summed E-state index contributed by atoms with van der Waals surface area (Å²) in [5, 5.41) is 2.25. The van der Waals surface area contributed by atoms with Crippen molar-refractivity contribution >= 4 is 17.8 Å². The van der Waals surface area contributed by atoms with Gasteiger partial charge in [-0.1, -0.05) is 0 Å². The van der Waals surface area contributed by atoms with Crippen LogP contribution < -0.4 is 11.1 Å². The summed E-state index contributed by atoms with van der Waals surface area (Å²) in [6, 6.07) is -0.137. The molecule has 6 heteroatoms. The Morgan fingerprint density at radius 3 is 2.80 bits per heavy atom. The van der Waals surface area contributed by atoms with E-state index in [4.69, 9.17) is 5.73 Å². The van der Waals surface area contributed by atoms with Crippen molar-refractivity contribution in [1.82, 2.24) is 10.2 Å². The lowest BCUT2D eigenvalue weighted by atomic mass is 10.2. The van der Waals surface area contributed by atoms with Gasteiger partial charge in [0.15, 0.2) is 5.96 Å². The molecule has 0 aromatic heterocycles. The number of carbonyl (C=O) groups excluding carboxylic acids is 2. The third-order valence-corrected chi connectivity index (χ3v) is 2.58. The monoisotopic (exact) mass is 210 g/mol. The molecule has 2 fully saturated rings. The number of nitrogens with one attached hydrogen (secondary N) is 1. The van der Waals surface area contributed by atoms with Crippen LogP contribution in [0.25, 0.3) is 0 Å². The fraction of sp³-hybridized carbons (Fsp3) is 0.667. The van der Waals surface area contributed by atoms with Crippen LogP contribution in [0.4, 0.5) is 0 Å². The fourth-order valence-corrected chi connectivity index (χ4v) is 1.46. The molecular weight excluding hydrogens is 196 g/mol. The first-order chi connectivity index (χ1) is 7.08. The van der Waals surface area contributed by atoms with Crippen LogP contribution >= 0.6 is 0 Å². The number of rotatable bonds is 1. The van der Waals surface area contributed by atoms with Crippen LogP contribution in [0.3, 0.4) is 0 Å². The number of guanidine groups is 1. The molecule has 0 aromatic carbocycles. The van der Waals surface area contributed by atoms with Crippen LogP contribution in [-0.4, -0.2) is 41.3 Å². The van der Waals surface area contributed by atoms with Crippen LogP contribution in [0.2, 0.25) is 0 Å². The Kier molecular flexibility index (Phi) is 2.34. The number of carbonyl (C=O) groups is 2. The number of nitrogens with two attached hydrogens (primary N) is 1. The summed E-state index contributed by atoms with van der Waals surface area (Å²) in [6.07, 6.45) is 2.09. The van der Waals surface area contributed by atoms with Crippen molar-refractivity contribution in [2.45, 2.75) is 31.8 Å². The average molecular weight is 210 g/mol. The highest BCUT2D eigenvalue weighted by molar-refractivity contribution is 6.04. The lowest BCUT2D eigenvalue weighted by molar-refractivity contribution is -0.137. The Bertz CT molecular complexity index is 335. The van der Waals surface area contributed by atoms with E-state index < -0.39 is 6.04 Å². The van der Waals surface area contributed by atoms with E-state index in [1.807, 2.05) is 0 Å². The van der Waals surface area contributed by atoms with Crippen LogP contribution in [0.15, 0.2) is 4.99 Å². The maximum atomic E-state index is 11.3. The van der Waals surface area contributed by atoms with Crippen molar-refractivity contribution in [2.24, 2.45) is 10.7 Å². The second-order valence-corrected chi connectivity index (χ2v) is 3.93. The minimum atomic E-state index is -0.426. The third-order valence-electron chi connectivity index (χ3n) is 2.58. The first kappa shape index (κ1) is 9.95. The van der Waals surface area contributed by atoms with Gasteiger partial charge in [-0.05, 0) is 19.8 Å². The minimum absolute atomic E-state index is 0.106. The Labute approximate surface area is 87.5 Å². The summed E-state index contributed by atoms with van der Waals surface area (Å²) < 4.78 is 0. The average Bonchev–Trinajstić information content (AvgIpc) is 2.94. The summed E-state index contributed by atoms with van der Waals surface area (Å²) in [7, 11) is 0. The molecule has 1 saturated carbocycles. The highest BCUT2D eigenvalue weighted by Crippen LogP contribution is 2.23. The number of amides is 2. The molecule has 1 atom stereocenters. The van der Waals surface area contributed by atoms with E-state index in [2.05, 4.69) is 10.3 Å². The molecule has 0 aromatic rings. The van der Waals surface area contributed by atoms with Crippen molar-refractivity contribution in [3.05, 3.63) is 0 Å². The topological polar surface area (TPSA) is 87.8 Å². The zero-order valence-electron chi connectivity index (χ0n) is 8.56. The number of piperazine rings is 1. The maximum Gasteiger partial charge on any atom is 0.249 e. The lowest BCUT2D eigenvalue weighted by Crippen LogP contribution is -2.60. The van der Waals surface area contributed by atoms with Gasteiger partial charge < -0.3 is 10.6 Å². The molecule has 0 spiro atoms. The normalized spacial score (nSPS) is 27.9. The Morgan fingerprint density at radius 1 is 1.53 bits per heavy atom. The molecule has 1 unspecified atom stereocenters. The molecule has 6 nitrogen and oxygen atoms in total. The summed E-state index contributed by atoms with van der Waals surface area (Å²) in [5.74, 6) is -0.347. The molecule has 0 radical (unpaired) electrons. The Balaban J connectivity index is 2.11. The van der Waals surface area contributed by atoms with Crippen molar-refractivity contribution in [3.8, 4) is 0 Å². The van der Waals surface area contributed by atoms with Crippen molar-refractivity contribution in [1.29, 1.82) is 0 Å². The first-order valence-corrected chi connectivity index (χ1v) is 5.01. The van der Waals surface area contributed by atoms with Gasteiger partial charge in [0.25, 0.3) is 0 Å². The molecule has 1 aliphatic heterocycles. The molecule has 15 heavy (non-hydrogen) atoms. The van der Waals surface area contributed by atoms with Gasteiger partial charge >= 0.3 is 0 Å². The quantitative estimate of drug-likeness (QED) is 0.323. The predicted octanol–water partition coefficient (Wildman–Crippen LogP) is -1.19. The number of hydrogen-bond donors (Lipinski definition) is 2. The number of hydrogen-bond acceptors (Lipinski definition) is 3. The first-order valence-electron chi connectivity index (χ1n) is 5.01. The van der Waals surface area contributed by atoms with Crippen LogP contribution in [0.1, 0.15) is 19.8 Å². The minimum Gasteiger partial charge on any atom is -0.370 e. The van der Waals surface area contributed by atoms with Gasteiger partial charge in [0.2, 0.25) is 11.8 Å². The number of imide groups is 1. The molecular formula is C9H14N4O2. The van der Waals surface area contributed by atoms with E-state index >= 15 is 0 Å². The zero-order chi connectivity index (χ0) is 11.0. The van der Waals surface area contributed by atoms with Crippen molar-refractivity contribution < 1.29 is 9.59 Å². The zero-order valence-corrected chi connectivity index (χ0v) is 8.56. The molecule has 3 N–H and O–H groups in total. The highest BCUT2D eigenvalue weighted by atomic mass is 16.2. The molecule has 0 bridgehead atoms. The van der Waals surface area contributed by atoms with Gasteiger partial charge in [0.1, 0.15) is 12.6 Å². The van der Waals surface area contributed by atoms with Gasteiger partial charge in [0, 0.05) is 0 Å². The molecule has 2 aliphatic rings. The molecule has 1 heterocycles. The van der Waals surface area contributed by atoms with Gasteiger partial charge in [-0.2, -0.15) is 0 Å². The molecule has 2 rings (SSSR count). The Morgan fingerprint density at radius 2 is 2.20 bits per heavy atom. The van der Waals surface area contributed by atoms with E-state index in [-0.39, 0.29) is 24.4 Å². The number of nitrogens with zero attached hydrogens (tertiary/aromatic N) is 2. The molecule has 82 valence electrons. The predicted molar refractivity (Wildman–Crippen MR) is 54.0 cm³/mol. The van der Waals surface area contributed by atoms with Gasteiger partial charge in [-0.3, -0.25) is 14.9 Å². The van der Waals surface area contributed by atoms with Crippen LogP contribution in [0.5, 0.6) is 0 Å². The van der Waals surface area contributed by atoms with Gasteiger partial charge in [0.05, 0.1) is 6.04 Å². The van der Waals surface area contributed by atoms with Crippen molar-refractivity contribution in [2.75, 3.05) is 6.54 Å². The fourth-order valence-electron chi connectivity index (χ4n) is 1.46. The van der Waals surface area contributed by atoms with Crippen LogP contribution in [0, 0.1) is 0 Å².